The number of rotatable bonds is 2. The van der Waals surface area contributed by atoms with E-state index in [1.807, 2.05) is 0 Å². The second-order valence-electron chi connectivity index (χ2n) is 4.56. The van der Waals surface area contributed by atoms with Gasteiger partial charge in [0.25, 0.3) is 0 Å². The largest absolute Gasteiger partial charge is 0.350 e. The third kappa shape index (κ3) is 1.40. The first-order valence-corrected chi connectivity index (χ1v) is 5.91. The van der Waals surface area contributed by atoms with Crippen LogP contribution in [0.5, 0.6) is 0 Å². The maximum absolute atomic E-state index is 5.76. The predicted octanol–water partition coefficient (Wildman–Crippen LogP) is 2.18. The molecule has 1 heterocycles. The molecule has 1 saturated heterocycles. The second kappa shape index (κ2) is 3.51. The van der Waals surface area contributed by atoms with Crippen LogP contribution in [0, 0.1) is 17.8 Å². The average Bonchev–Trinajstić information content (AvgIpc) is 2.93. The van der Waals surface area contributed by atoms with Crippen molar-refractivity contribution in [2.24, 2.45) is 17.8 Å². The van der Waals surface area contributed by atoms with Crippen molar-refractivity contribution >= 4 is 11.6 Å². The van der Waals surface area contributed by atoms with Gasteiger partial charge in [0, 0.05) is 5.92 Å². The van der Waals surface area contributed by atoms with Crippen molar-refractivity contribution in [1.82, 2.24) is 0 Å². The minimum Gasteiger partial charge on any atom is -0.350 e. The molecular weight excluding hydrogens is 200 g/mol. The lowest BCUT2D eigenvalue weighted by Gasteiger charge is -2.23. The fourth-order valence-corrected chi connectivity index (χ4v) is 3.07. The van der Waals surface area contributed by atoms with Crippen LogP contribution < -0.4 is 0 Å². The predicted molar refractivity (Wildman–Crippen MR) is 54.2 cm³/mol. The highest BCUT2D eigenvalue weighted by Gasteiger charge is 2.43. The summed E-state index contributed by atoms with van der Waals surface area (Å²) in [4.78, 5) is 0. The van der Waals surface area contributed by atoms with Crippen LogP contribution in [0.15, 0.2) is 12.2 Å². The van der Waals surface area contributed by atoms with Gasteiger partial charge in [-0.2, -0.15) is 0 Å². The van der Waals surface area contributed by atoms with E-state index in [0.29, 0.717) is 24.3 Å². The molecule has 1 aliphatic heterocycles. The molecule has 2 bridgehead atoms. The number of fused-ring (bicyclic) bond motifs is 2. The number of alkyl halides is 1. The Morgan fingerprint density at radius 2 is 2.21 bits per heavy atom. The second-order valence-corrected chi connectivity index (χ2v) is 4.87. The van der Waals surface area contributed by atoms with Crippen molar-refractivity contribution in [2.45, 2.75) is 25.2 Å². The van der Waals surface area contributed by atoms with Crippen LogP contribution in [0.25, 0.3) is 0 Å². The fourth-order valence-electron chi connectivity index (χ4n) is 2.91. The van der Waals surface area contributed by atoms with Crippen molar-refractivity contribution in [1.29, 1.82) is 0 Å². The number of hydrogen-bond acceptors (Lipinski definition) is 2. The van der Waals surface area contributed by atoms with Gasteiger partial charge in [-0.1, -0.05) is 12.2 Å². The minimum absolute atomic E-state index is 0.0127. The number of ether oxygens (including phenoxy) is 2. The number of hydrogen-bond donors (Lipinski definition) is 0. The summed E-state index contributed by atoms with van der Waals surface area (Å²) in [6, 6.07) is 0. The highest BCUT2D eigenvalue weighted by Crippen LogP contribution is 2.46. The van der Waals surface area contributed by atoms with Gasteiger partial charge in [-0.15, -0.1) is 11.6 Å². The molecule has 0 aromatic carbocycles. The summed E-state index contributed by atoms with van der Waals surface area (Å²) >= 11 is 5.74. The molecule has 0 spiro atoms. The van der Waals surface area contributed by atoms with Crippen LogP contribution in [0.3, 0.4) is 0 Å². The normalized spacial score (nSPS) is 50.5. The molecule has 0 amide bonds. The van der Waals surface area contributed by atoms with Gasteiger partial charge < -0.3 is 9.47 Å². The Bertz CT molecular complexity index is 254. The fraction of sp³-hybridized carbons (Fsp3) is 0.818. The van der Waals surface area contributed by atoms with Gasteiger partial charge in [-0.3, -0.25) is 0 Å². The first-order chi connectivity index (χ1) is 6.86. The van der Waals surface area contributed by atoms with E-state index in [2.05, 4.69) is 12.2 Å². The van der Waals surface area contributed by atoms with Crippen LogP contribution in [0.2, 0.25) is 0 Å². The summed E-state index contributed by atoms with van der Waals surface area (Å²) in [5.74, 6) is 2.61. The first kappa shape index (κ1) is 9.20. The highest BCUT2D eigenvalue weighted by molar-refractivity contribution is 6.18. The van der Waals surface area contributed by atoms with E-state index in [9.17, 15) is 0 Å². The summed E-state index contributed by atoms with van der Waals surface area (Å²) in [5.41, 5.74) is 0. The molecule has 0 aromatic heterocycles. The summed E-state index contributed by atoms with van der Waals surface area (Å²) in [6.45, 7) is 0.672. The third-order valence-corrected chi connectivity index (χ3v) is 3.97. The summed E-state index contributed by atoms with van der Waals surface area (Å²) in [5, 5.41) is 0. The highest BCUT2D eigenvalue weighted by atomic mass is 35.5. The lowest BCUT2D eigenvalue weighted by molar-refractivity contribution is -0.1000. The lowest BCUT2D eigenvalue weighted by atomic mass is 9.93. The van der Waals surface area contributed by atoms with Gasteiger partial charge in [0.15, 0.2) is 6.29 Å². The Balaban J connectivity index is 1.65. The first-order valence-electron chi connectivity index (χ1n) is 5.38. The average molecular weight is 215 g/mol. The van der Waals surface area contributed by atoms with E-state index < -0.39 is 0 Å². The summed E-state index contributed by atoms with van der Waals surface area (Å²) in [6.07, 6.45) is 7.35. The smallest absolute Gasteiger partial charge is 0.161 e. The molecule has 14 heavy (non-hydrogen) atoms. The maximum Gasteiger partial charge on any atom is 0.161 e. The Morgan fingerprint density at radius 1 is 1.29 bits per heavy atom. The Hall–Kier alpha value is -0.0500. The Morgan fingerprint density at radius 3 is 2.79 bits per heavy atom. The summed E-state index contributed by atoms with van der Waals surface area (Å²) in [7, 11) is 0. The van der Waals surface area contributed by atoms with Crippen molar-refractivity contribution in [3.63, 3.8) is 0 Å². The maximum atomic E-state index is 5.76. The molecule has 0 N–H and O–H groups in total. The lowest BCUT2D eigenvalue weighted by Crippen LogP contribution is -2.26. The van der Waals surface area contributed by atoms with E-state index in [1.165, 1.54) is 12.8 Å². The summed E-state index contributed by atoms with van der Waals surface area (Å²) < 4.78 is 11.4. The monoisotopic (exact) mass is 214 g/mol. The Labute approximate surface area is 89.2 Å². The zero-order valence-electron chi connectivity index (χ0n) is 8.06. The van der Waals surface area contributed by atoms with Crippen LogP contribution in [0.4, 0.5) is 0 Å². The van der Waals surface area contributed by atoms with E-state index in [1.54, 1.807) is 0 Å². The number of halogens is 1. The van der Waals surface area contributed by atoms with Crippen molar-refractivity contribution in [3.8, 4) is 0 Å². The van der Waals surface area contributed by atoms with Gasteiger partial charge in [0.1, 0.15) is 0 Å². The zero-order valence-corrected chi connectivity index (χ0v) is 8.82. The van der Waals surface area contributed by atoms with Crippen molar-refractivity contribution in [2.75, 3.05) is 12.5 Å². The molecule has 2 aliphatic carbocycles. The SMILES string of the molecule is ClC[C@@H]1CO[C@@H]([C@H]2C[C@H]3C=C[C@H]2C3)O1. The van der Waals surface area contributed by atoms with Crippen LogP contribution in [-0.4, -0.2) is 24.9 Å². The van der Waals surface area contributed by atoms with E-state index in [0.717, 1.165) is 5.92 Å². The quantitative estimate of drug-likeness (QED) is 0.518. The molecule has 5 atom stereocenters. The van der Waals surface area contributed by atoms with Crippen molar-refractivity contribution < 1.29 is 9.47 Å². The van der Waals surface area contributed by atoms with Crippen molar-refractivity contribution in [3.05, 3.63) is 12.2 Å². The Kier molecular flexibility index (Phi) is 2.31. The third-order valence-electron chi connectivity index (χ3n) is 3.62. The molecule has 0 aromatic rings. The molecule has 0 unspecified atom stereocenters. The molecule has 2 fully saturated rings. The molecule has 0 radical (unpaired) electrons. The molecule has 3 rings (SSSR count). The van der Waals surface area contributed by atoms with Gasteiger partial charge in [0.05, 0.1) is 18.6 Å². The van der Waals surface area contributed by atoms with Gasteiger partial charge in [0.2, 0.25) is 0 Å². The molecule has 2 nitrogen and oxygen atoms in total. The van der Waals surface area contributed by atoms with E-state index in [-0.39, 0.29) is 12.4 Å². The van der Waals surface area contributed by atoms with Gasteiger partial charge >= 0.3 is 0 Å². The van der Waals surface area contributed by atoms with Gasteiger partial charge in [-0.05, 0) is 24.7 Å². The number of allylic oxidation sites excluding steroid dienone is 2. The molecule has 78 valence electrons. The van der Waals surface area contributed by atoms with E-state index in [4.69, 9.17) is 21.1 Å². The topological polar surface area (TPSA) is 18.5 Å². The molecular formula is C11H15ClO2. The molecule has 3 heteroatoms. The zero-order chi connectivity index (χ0) is 9.54. The minimum atomic E-state index is 0.0127. The van der Waals surface area contributed by atoms with Gasteiger partial charge in [-0.25, -0.2) is 0 Å². The standard InChI is InChI=1S/C11H15ClO2/c12-5-9-6-13-11(14-9)10-4-7-1-2-8(10)3-7/h1-2,7-11H,3-6H2/t7-,8-,9+,10-,11+/m0/s1. The molecule has 3 aliphatic rings. The van der Waals surface area contributed by atoms with E-state index >= 15 is 0 Å². The van der Waals surface area contributed by atoms with Crippen LogP contribution in [-0.2, 0) is 9.47 Å². The molecule has 1 saturated carbocycles. The van der Waals surface area contributed by atoms with Crippen LogP contribution in [0.1, 0.15) is 12.8 Å². The van der Waals surface area contributed by atoms with Crippen LogP contribution >= 0.6 is 11.6 Å².